The van der Waals surface area contributed by atoms with E-state index in [0.29, 0.717) is 6.54 Å². The van der Waals surface area contributed by atoms with Gasteiger partial charge in [-0.2, -0.15) is 5.26 Å². The third kappa shape index (κ3) is 3.19. The molecule has 0 aliphatic heterocycles. The van der Waals surface area contributed by atoms with Crippen LogP contribution in [0.2, 0.25) is 5.02 Å². The van der Waals surface area contributed by atoms with Crippen molar-refractivity contribution in [2.45, 2.75) is 19.5 Å². The standard InChI is InChI=1S/C11H12ClFN2/c1-8(6-14)15(2)7-9-3-4-11(13)10(12)5-9/h3-5,8H,7H2,1-2H3. The molecule has 1 rings (SSSR count). The van der Waals surface area contributed by atoms with Crippen molar-refractivity contribution in [3.63, 3.8) is 0 Å². The summed E-state index contributed by atoms with van der Waals surface area (Å²) in [4.78, 5) is 1.86. The first-order valence-corrected chi connectivity index (χ1v) is 4.96. The van der Waals surface area contributed by atoms with Crippen LogP contribution >= 0.6 is 11.6 Å². The van der Waals surface area contributed by atoms with Gasteiger partial charge < -0.3 is 0 Å². The average molecular weight is 227 g/mol. The Bertz CT molecular complexity index is 387. The van der Waals surface area contributed by atoms with E-state index in [0.717, 1.165) is 5.56 Å². The minimum atomic E-state index is -0.420. The van der Waals surface area contributed by atoms with E-state index >= 15 is 0 Å². The molecule has 80 valence electrons. The Kier molecular flexibility index (Phi) is 4.07. The lowest BCUT2D eigenvalue weighted by Gasteiger charge is -2.18. The summed E-state index contributed by atoms with van der Waals surface area (Å²) in [7, 11) is 1.84. The molecule has 1 aromatic rings. The van der Waals surface area contributed by atoms with Crippen LogP contribution in [0.3, 0.4) is 0 Å². The van der Waals surface area contributed by atoms with Crippen LogP contribution in [0.15, 0.2) is 18.2 Å². The first kappa shape index (κ1) is 12.0. The Labute approximate surface area is 93.9 Å². The summed E-state index contributed by atoms with van der Waals surface area (Å²) < 4.78 is 12.9. The van der Waals surface area contributed by atoms with Gasteiger partial charge in [-0.05, 0) is 31.7 Å². The van der Waals surface area contributed by atoms with Crippen molar-refractivity contribution >= 4 is 11.6 Å². The van der Waals surface area contributed by atoms with Crippen molar-refractivity contribution in [3.05, 3.63) is 34.6 Å². The van der Waals surface area contributed by atoms with E-state index in [-0.39, 0.29) is 11.1 Å². The van der Waals surface area contributed by atoms with Crippen LogP contribution in [0.5, 0.6) is 0 Å². The van der Waals surface area contributed by atoms with Crippen molar-refractivity contribution in [3.8, 4) is 6.07 Å². The van der Waals surface area contributed by atoms with E-state index in [1.807, 2.05) is 18.9 Å². The number of halogens is 2. The maximum Gasteiger partial charge on any atom is 0.141 e. The van der Waals surface area contributed by atoms with Gasteiger partial charge in [-0.3, -0.25) is 4.90 Å². The molecule has 1 aromatic carbocycles. The fourth-order valence-corrected chi connectivity index (χ4v) is 1.36. The highest BCUT2D eigenvalue weighted by molar-refractivity contribution is 6.30. The van der Waals surface area contributed by atoms with Crippen molar-refractivity contribution in [2.24, 2.45) is 0 Å². The lowest BCUT2D eigenvalue weighted by molar-refractivity contribution is 0.294. The first-order chi connectivity index (χ1) is 7.04. The van der Waals surface area contributed by atoms with Gasteiger partial charge in [-0.25, -0.2) is 4.39 Å². The molecule has 0 N–H and O–H groups in total. The predicted octanol–water partition coefficient (Wildman–Crippen LogP) is 2.82. The molecule has 2 nitrogen and oxygen atoms in total. The Morgan fingerprint density at radius 1 is 1.60 bits per heavy atom. The predicted molar refractivity (Wildman–Crippen MR) is 58.0 cm³/mol. The molecule has 0 aromatic heterocycles. The quantitative estimate of drug-likeness (QED) is 0.793. The minimum absolute atomic E-state index is 0.116. The number of hydrogen-bond acceptors (Lipinski definition) is 2. The molecule has 0 radical (unpaired) electrons. The molecule has 4 heteroatoms. The van der Waals surface area contributed by atoms with E-state index in [9.17, 15) is 4.39 Å². The Morgan fingerprint density at radius 3 is 2.80 bits per heavy atom. The second-order valence-corrected chi connectivity index (χ2v) is 3.88. The topological polar surface area (TPSA) is 27.0 Å². The minimum Gasteiger partial charge on any atom is -0.287 e. The summed E-state index contributed by atoms with van der Waals surface area (Å²) in [6.45, 7) is 2.39. The zero-order valence-corrected chi connectivity index (χ0v) is 9.42. The molecule has 0 aliphatic carbocycles. The molecule has 0 spiro atoms. The van der Waals surface area contributed by atoms with Crippen LogP contribution in [0, 0.1) is 17.1 Å². The van der Waals surface area contributed by atoms with Gasteiger partial charge in [0.1, 0.15) is 5.82 Å². The van der Waals surface area contributed by atoms with Crippen LogP contribution in [-0.2, 0) is 6.54 Å². The Balaban J connectivity index is 2.74. The monoisotopic (exact) mass is 226 g/mol. The third-order valence-corrected chi connectivity index (χ3v) is 2.55. The number of rotatable bonds is 3. The van der Waals surface area contributed by atoms with Gasteiger partial charge in [0.05, 0.1) is 17.1 Å². The molecule has 0 saturated carbocycles. The summed E-state index contributed by atoms with van der Waals surface area (Å²) in [5.41, 5.74) is 0.894. The van der Waals surface area contributed by atoms with Gasteiger partial charge in [0.15, 0.2) is 0 Å². The highest BCUT2D eigenvalue weighted by Gasteiger charge is 2.09. The molecular weight excluding hydrogens is 215 g/mol. The maximum atomic E-state index is 12.9. The van der Waals surface area contributed by atoms with E-state index < -0.39 is 5.82 Å². The summed E-state index contributed by atoms with van der Waals surface area (Å²) in [5, 5.41) is 8.82. The average Bonchev–Trinajstić information content (AvgIpc) is 2.22. The molecule has 1 unspecified atom stereocenters. The number of nitriles is 1. The zero-order valence-electron chi connectivity index (χ0n) is 8.67. The van der Waals surface area contributed by atoms with Crippen molar-refractivity contribution in [2.75, 3.05) is 7.05 Å². The van der Waals surface area contributed by atoms with Gasteiger partial charge in [0.2, 0.25) is 0 Å². The van der Waals surface area contributed by atoms with Crippen LogP contribution in [0.25, 0.3) is 0 Å². The van der Waals surface area contributed by atoms with Gasteiger partial charge in [-0.15, -0.1) is 0 Å². The molecule has 0 aliphatic rings. The number of benzene rings is 1. The molecule has 0 bridgehead atoms. The smallest absolute Gasteiger partial charge is 0.141 e. The van der Waals surface area contributed by atoms with E-state index in [1.165, 1.54) is 6.07 Å². The first-order valence-electron chi connectivity index (χ1n) is 4.58. The third-order valence-electron chi connectivity index (χ3n) is 2.26. The fourth-order valence-electron chi connectivity index (χ4n) is 1.16. The Hall–Kier alpha value is -1.11. The summed E-state index contributed by atoms with van der Waals surface area (Å²) in [5.74, 6) is -0.420. The lowest BCUT2D eigenvalue weighted by atomic mass is 10.2. The molecule has 1 atom stereocenters. The second kappa shape index (κ2) is 5.11. The zero-order chi connectivity index (χ0) is 11.4. The van der Waals surface area contributed by atoms with Crippen molar-refractivity contribution in [1.29, 1.82) is 5.26 Å². The molecule has 0 saturated heterocycles. The molecule has 0 amide bonds. The van der Waals surface area contributed by atoms with Crippen LogP contribution in [0.4, 0.5) is 4.39 Å². The van der Waals surface area contributed by atoms with Crippen LogP contribution < -0.4 is 0 Å². The highest BCUT2D eigenvalue weighted by Crippen LogP contribution is 2.17. The maximum absolute atomic E-state index is 12.9. The summed E-state index contributed by atoms with van der Waals surface area (Å²) >= 11 is 5.65. The van der Waals surface area contributed by atoms with Crippen molar-refractivity contribution in [1.82, 2.24) is 4.90 Å². The van der Waals surface area contributed by atoms with Crippen LogP contribution in [0.1, 0.15) is 12.5 Å². The molecule has 15 heavy (non-hydrogen) atoms. The number of nitrogens with zero attached hydrogens (tertiary/aromatic N) is 2. The van der Waals surface area contributed by atoms with Gasteiger partial charge in [-0.1, -0.05) is 17.7 Å². The van der Waals surface area contributed by atoms with Gasteiger partial charge >= 0.3 is 0 Å². The summed E-state index contributed by atoms with van der Waals surface area (Å²) in [6, 6.07) is 6.54. The van der Waals surface area contributed by atoms with E-state index in [4.69, 9.17) is 16.9 Å². The fraction of sp³-hybridized carbons (Fsp3) is 0.364. The highest BCUT2D eigenvalue weighted by atomic mass is 35.5. The lowest BCUT2D eigenvalue weighted by Crippen LogP contribution is -2.26. The SMILES string of the molecule is CC(C#N)N(C)Cc1ccc(F)c(Cl)c1. The molecule has 0 fully saturated rings. The summed E-state index contributed by atoms with van der Waals surface area (Å²) in [6.07, 6.45) is 0. The van der Waals surface area contributed by atoms with E-state index in [2.05, 4.69) is 6.07 Å². The van der Waals surface area contributed by atoms with Gasteiger partial charge in [0.25, 0.3) is 0 Å². The Morgan fingerprint density at radius 2 is 2.27 bits per heavy atom. The molecule has 0 heterocycles. The second-order valence-electron chi connectivity index (χ2n) is 3.47. The molecular formula is C11H12ClFN2. The van der Waals surface area contributed by atoms with Crippen molar-refractivity contribution < 1.29 is 4.39 Å². The number of hydrogen-bond donors (Lipinski definition) is 0. The van der Waals surface area contributed by atoms with E-state index in [1.54, 1.807) is 12.1 Å². The normalized spacial score (nSPS) is 12.5. The van der Waals surface area contributed by atoms with Gasteiger partial charge in [0, 0.05) is 6.54 Å². The van der Waals surface area contributed by atoms with Crippen LogP contribution in [-0.4, -0.2) is 18.0 Å². The largest absolute Gasteiger partial charge is 0.287 e.